The fraction of sp³-hybridized carbons (Fsp3) is 0.150. The van der Waals surface area contributed by atoms with Crippen molar-refractivity contribution < 1.29 is 9.53 Å². The molecule has 3 heterocycles. The van der Waals surface area contributed by atoms with Gasteiger partial charge >= 0.3 is 0 Å². The van der Waals surface area contributed by atoms with Crippen molar-refractivity contribution in [1.82, 2.24) is 9.97 Å². The van der Waals surface area contributed by atoms with Crippen LogP contribution in [0.1, 0.15) is 10.4 Å². The third kappa shape index (κ3) is 3.34. The van der Waals surface area contributed by atoms with Gasteiger partial charge in [-0.15, -0.1) is 0 Å². The van der Waals surface area contributed by atoms with Crippen molar-refractivity contribution in [3.05, 3.63) is 58.2 Å². The number of fused-ring (bicyclic) bond motifs is 2. The Morgan fingerprint density at radius 3 is 2.63 bits per heavy atom. The molecule has 0 saturated heterocycles. The van der Waals surface area contributed by atoms with Crippen molar-refractivity contribution >= 4 is 57.8 Å². The zero-order valence-electron chi connectivity index (χ0n) is 15.6. The molecule has 0 unspecified atom stereocenters. The van der Waals surface area contributed by atoms with E-state index in [2.05, 4.69) is 25.9 Å². The summed E-state index contributed by atoms with van der Waals surface area (Å²) in [6.07, 6.45) is 1.43. The van der Waals surface area contributed by atoms with Gasteiger partial charge in [0.1, 0.15) is 5.56 Å². The number of amides is 1. The number of anilines is 5. The third-order valence-corrected chi connectivity index (χ3v) is 5.41. The van der Waals surface area contributed by atoms with Gasteiger partial charge in [-0.25, -0.2) is 4.98 Å². The number of hydrogen-bond acceptors (Lipinski definition) is 7. The largest absolute Gasteiger partial charge is 0.455 e. The molecule has 3 aromatic rings. The Bertz CT molecular complexity index is 1140. The molecule has 2 aliphatic rings. The number of rotatable bonds is 3. The number of aromatic nitrogens is 2. The summed E-state index contributed by atoms with van der Waals surface area (Å²) in [5.74, 6) is 0.200. The lowest BCUT2D eigenvalue weighted by atomic mass is 10.2. The van der Waals surface area contributed by atoms with E-state index in [4.69, 9.17) is 27.9 Å². The predicted octanol–water partition coefficient (Wildman–Crippen LogP) is 4.36. The molecule has 30 heavy (non-hydrogen) atoms. The normalized spacial score (nSPS) is 14.7. The molecule has 2 aliphatic heterocycles. The second-order valence-corrected chi connectivity index (χ2v) is 7.54. The number of carbonyl (C=O) groups is 1. The predicted molar refractivity (Wildman–Crippen MR) is 118 cm³/mol. The van der Waals surface area contributed by atoms with Crippen LogP contribution >= 0.6 is 23.2 Å². The van der Waals surface area contributed by atoms with Crippen LogP contribution < -0.4 is 25.6 Å². The lowest BCUT2D eigenvalue weighted by Gasteiger charge is -2.29. The zero-order valence-corrected chi connectivity index (χ0v) is 17.1. The van der Waals surface area contributed by atoms with Crippen molar-refractivity contribution in [3.63, 3.8) is 0 Å². The maximum atomic E-state index is 13.0. The quantitative estimate of drug-likeness (QED) is 0.554. The van der Waals surface area contributed by atoms with Crippen LogP contribution in [-0.4, -0.2) is 35.7 Å². The summed E-state index contributed by atoms with van der Waals surface area (Å²) in [7, 11) is 0. The van der Waals surface area contributed by atoms with Crippen LogP contribution in [-0.2, 0) is 0 Å². The van der Waals surface area contributed by atoms with Crippen LogP contribution in [0.4, 0.5) is 28.7 Å². The molecule has 0 bridgehead atoms. The minimum absolute atomic E-state index is 0.0554. The van der Waals surface area contributed by atoms with Crippen LogP contribution in [0, 0.1) is 0 Å². The molecule has 5 rings (SSSR count). The number of halogens is 2. The molecule has 8 nitrogen and oxygen atoms in total. The van der Waals surface area contributed by atoms with E-state index >= 15 is 0 Å². The number of nitrogens with zero attached hydrogens (tertiary/aromatic N) is 3. The number of nitrogens with one attached hydrogen (secondary N) is 3. The molecule has 152 valence electrons. The van der Waals surface area contributed by atoms with E-state index in [0.717, 1.165) is 30.2 Å². The summed E-state index contributed by atoms with van der Waals surface area (Å²) in [5.41, 5.74) is 3.50. The van der Waals surface area contributed by atoms with Gasteiger partial charge in [0.15, 0.2) is 6.73 Å². The number of benzene rings is 2. The lowest BCUT2D eigenvalue weighted by Crippen LogP contribution is -2.39. The van der Waals surface area contributed by atoms with Crippen molar-refractivity contribution in [2.24, 2.45) is 0 Å². The van der Waals surface area contributed by atoms with Crippen molar-refractivity contribution in [2.45, 2.75) is 0 Å². The van der Waals surface area contributed by atoms with Crippen LogP contribution in [0.2, 0.25) is 10.0 Å². The van der Waals surface area contributed by atoms with Gasteiger partial charge in [-0.05, 0) is 30.3 Å². The first-order valence-electron chi connectivity index (χ1n) is 9.25. The first-order valence-corrected chi connectivity index (χ1v) is 10.0. The van der Waals surface area contributed by atoms with Crippen LogP contribution in [0.25, 0.3) is 0 Å². The van der Waals surface area contributed by atoms with Gasteiger partial charge in [0.05, 0.1) is 27.1 Å². The fourth-order valence-electron chi connectivity index (χ4n) is 3.37. The Morgan fingerprint density at radius 2 is 1.83 bits per heavy atom. The maximum Gasteiger partial charge on any atom is 0.268 e. The molecule has 1 aromatic heterocycles. The molecule has 0 aliphatic carbocycles. The average Bonchev–Trinajstić information content (AvgIpc) is 2.75. The Hall–Kier alpha value is -3.23. The highest BCUT2D eigenvalue weighted by Crippen LogP contribution is 2.37. The van der Waals surface area contributed by atoms with Gasteiger partial charge in [0, 0.05) is 25.0 Å². The molecule has 0 fully saturated rings. The summed E-state index contributed by atoms with van der Waals surface area (Å²) < 4.78 is 5.71. The van der Waals surface area contributed by atoms with E-state index in [9.17, 15) is 4.79 Å². The number of ether oxygens (including phenoxy) is 1. The number of para-hydroxylation sites is 1. The van der Waals surface area contributed by atoms with Gasteiger partial charge in [-0.3, -0.25) is 9.69 Å². The summed E-state index contributed by atoms with van der Waals surface area (Å²) in [6.45, 7) is 1.68. The molecular weight excluding hydrogens is 427 g/mol. The van der Waals surface area contributed by atoms with Crippen molar-refractivity contribution in [1.29, 1.82) is 0 Å². The number of carbonyl (C=O) groups excluding carboxylic acids is 1. The lowest BCUT2D eigenvalue weighted by molar-refractivity contribution is 0.0932. The van der Waals surface area contributed by atoms with Gasteiger partial charge in [0.25, 0.3) is 5.91 Å². The molecule has 3 N–H and O–H groups in total. The Kier molecular flexibility index (Phi) is 4.72. The third-order valence-electron chi connectivity index (χ3n) is 4.80. The summed E-state index contributed by atoms with van der Waals surface area (Å²) in [6, 6.07) is 10.9. The molecule has 10 heteroatoms. The smallest absolute Gasteiger partial charge is 0.268 e. The molecule has 0 spiro atoms. The zero-order chi connectivity index (χ0) is 20.7. The average molecular weight is 443 g/mol. The summed E-state index contributed by atoms with van der Waals surface area (Å²) in [5, 5.41) is 10.5. The van der Waals surface area contributed by atoms with E-state index < -0.39 is 0 Å². The molecule has 0 saturated carbocycles. The first kappa shape index (κ1) is 18.8. The SMILES string of the molecule is O=C1c2cnc(Nc3ccc4c(c3)NCCN4)nc2OCN1c1c(Cl)cccc1Cl. The topological polar surface area (TPSA) is 91.4 Å². The highest BCUT2D eigenvalue weighted by atomic mass is 35.5. The Labute approximate surface area is 182 Å². The highest BCUT2D eigenvalue weighted by molar-refractivity contribution is 6.40. The molecule has 1 amide bonds. The van der Waals surface area contributed by atoms with Gasteiger partial charge in [0.2, 0.25) is 11.8 Å². The molecule has 0 radical (unpaired) electrons. The Morgan fingerprint density at radius 1 is 1.07 bits per heavy atom. The monoisotopic (exact) mass is 442 g/mol. The highest BCUT2D eigenvalue weighted by Gasteiger charge is 2.31. The summed E-state index contributed by atoms with van der Waals surface area (Å²) >= 11 is 12.5. The minimum atomic E-state index is -0.332. The second kappa shape index (κ2) is 7.55. The van der Waals surface area contributed by atoms with Gasteiger partial charge < -0.3 is 20.7 Å². The molecule has 0 atom stereocenters. The maximum absolute atomic E-state index is 13.0. The Balaban J connectivity index is 1.40. The van der Waals surface area contributed by atoms with Crippen LogP contribution in [0.15, 0.2) is 42.6 Å². The van der Waals surface area contributed by atoms with E-state index in [-0.39, 0.29) is 24.1 Å². The fourth-order valence-corrected chi connectivity index (χ4v) is 3.97. The first-order chi connectivity index (χ1) is 14.6. The standard InChI is InChI=1S/C20H16Cl2N6O2/c21-13-2-1-3-14(22)17(13)28-10-30-18-12(19(28)29)9-25-20(27-18)26-11-4-5-15-16(8-11)24-7-6-23-15/h1-5,8-9,23-24H,6-7,10H2,(H,25,26,27). The van der Waals surface area contributed by atoms with E-state index in [1.165, 1.54) is 11.1 Å². The summed E-state index contributed by atoms with van der Waals surface area (Å²) in [4.78, 5) is 23.0. The van der Waals surface area contributed by atoms with Crippen molar-refractivity contribution in [3.8, 4) is 5.88 Å². The van der Waals surface area contributed by atoms with E-state index in [0.29, 0.717) is 21.7 Å². The second-order valence-electron chi connectivity index (χ2n) is 6.73. The van der Waals surface area contributed by atoms with E-state index in [1.54, 1.807) is 18.2 Å². The molecule has 2 aromatic carbocycles. The number of hydrogen-bond donors (Lipinski definition) is 3. The van der Waals surface area contributed by atoms with Crippen molar-refractivity contribution in [2.75, 3.05) is 40.7 Å². The van der Waals surface area contributed by atoms with Crippen LogP contribution in [0.3, 0.4) is 0 Å². The van der Waals surface area contributed by atoms with Crippen LogP contribution in [0.5, 0.6) is 5.88 Å². The van der Waals surface area contributed by atoms with Gasteiger partial charge in [-0.1, -0.05) is 29.3 Å². The van der Waals surface area contributed by atoms with E-state index in [1.807, 2.05) is 18.2 Å². The van der Waals surface area contributed by atoms with Gasteiger partial charge in [-0.2, -0.15) is 4.98 Å². The molecular formula is C20H16Cl2N6O2. The minimum Gasteiger partial charge on any atom is -0.455 e.